The molecule has 3 rings (SSSR count). The highest BCUT2D eigenvalue weighted by Crippen LogP contribution is 2.28. The van der Waals surface area contributed by atoms with Crippen LogP contribution >= 0.6 is 11.3 Å². The number of aliphatic carboxylic acids is 1. The van der Waals surface area contributed by atoms with Gasteiger partial charge in [-0.2, -0.15) is 0 Å². The number of aromatic nitrogens is 1. The van der Waals surface area contributed by atoms with Crippen LogP contribution in [0.2, 0.25) is 0 Å². The average Bonchev–Trinajstić information content (AvgIpc) is 3.16. The lowest BCUT2D eigenvalue weighted by Gasteiger charge is -2.25. The van der Waals surface area contributed by atoms with Gasteiger partial charge in [0.15, 0.2) is 0 Å². The van der Waals surface area contributed by atoms with Gasteiger partial charge in [0, 0.05) is 0 Å². The molecule has 0 saturated heterocycles. The smallest absolute Gasteiger partial charge is 0.306 e. The van der Waals surface area contributed by atoms with Crippen molar-refractivity contribution in [2.45, 2.75) is 38.4 Å². The molecule has 0 bridgehead atoms. The maximum Gasteiger partial charge on any atom is 0.306 e. The molecule has 6 heteroatoms. The first-order chi connectivity index (χ1) is 10.2. The van der Waals surface area contributed by atoms with E-state index < -0.39 is 5.97 Å². The molecule has 0 unspecified atom stereocenters. The molecule has 0 radical (unpaired) electrons. The maximum absolute atomic E-state index is 10.9. The molecule has 1 aliphatic rings. The number of hydrogen-bond acceptors (Lipinski definition) is 5. The van der Waals surface area contributed by atoms with Gasteiger partial charge in [-0.25, -0.2) is 4.98 Å². The zero-order chi connectivity index (χ0) is 14.7. The Morgan fingerprint density at radius 1 is 1.43 bits per heavy atom. The zero-order valence-electron chi connectivity index (χ0n) is 11.5. The van der Waals surface area contributed by atoms with Gasteiger partial charge in [-0.3, -0.25) is 4.79 Å². The van der Waals surface area contributed by atoms with Crippen molar-refractivity contribution < 1.29 is 19.1 Å². The van der Waals surface area contributed by atoms with Gasteiger partial charge in [0.1, 0.15) is 12.0 Å². The summed E-state index contributed by atoms with van der Waals surface area (Å²) in [5.41, 5.74) is 0.777. The molecule has 21 heavy (non-hydrogen) atoms. The summed E-state index contributed by atoms with van der Waals surface area (Å²) >= 11 is 1.59. The molecule has 1 N–H and O–H groups in total. The number of ether oxygens (including phenoxy) is 1. The second-order valence-electron chi connectivity index (χ2n) is 5.24. The van der Waals surface area contributed by atoms with Crippen molar-refractivity contribution in [2.24, 2.45) is 5.92 Å². The van der Waals surface area contributed by atoms with E-state index in [1.165, 1.54) is 0 Å². The fraction of sp³-hybridized carbons (Fsp3) is 0.467. The van der Waals surface area contributed by atoms with Gasteiger partial charge in [-0.1, -0.05) is 6.07 Å². The van der Waals surface area contributed by atoms with E-state index in [1.807, 2.05) is 17.5 Å². The fourth-order valence-electron chi connectivity index (χ4n) is 2.57. The van der Waals surface area contributed by atoms with Crippen molar-refractivity contribution in [3.8, 4) is 10.8 Å². The monoisotopic (exact) mass is 307 g/mol. The summed E-state index contributed by atoms with van der Waals surface area (Å²) in [6.07, 6.45) is 4.73. The van der Waals surface area contributed by atoms with Crippen molar-refractivity contribution in [3.05, 3.63) is 29.5 Å². The second-order valence-corrected chi connectivity index (χ2v) is 6.19. The Hall–Kier alpha value is -1.66. The van der Waals surface area contributed by atoms with Gasteiger partial charge in [0.2, 0.25) is 5.89 Å². The van der Waals surface area contributed by atoms with E-state index >= 15 is 0 Å². The van der Waals surface area contributed by atoms with Gasteiger partial charge in [-0.15, -0.1) is 11.3 Å². The molecule has 0 spiro atoms. The normalized spacial score (nSPS) is 22.3. The summed E-state index contributed by atoms with van der Waals surface area (Å²) in [6, 6.07) is 3.93. The van der Waals surface area contributed by atoms with Crippen LogP contribution in [0.15, 0.2) is 28.2 Å². The van der Waals surface area contributed by atoms with Crippen LogP contribution < -0.4 is 0 Å². The molecule has 1 aliphatic carbocycles. The van der Waals surface area contributed by atoms with E-state index in [9.17, 15) is 4.79 Å². The second kappa shape index (κ2) is 6.41. The topological polar surface area (TPSA) is 72.6 Å². The Morgan fingerprint density at radius 2 is 2.24 bits per heavy atom. The van der Waals surface area contributed by atoms with Crippen LogP contribution in [0.4, 0.5) is 0 Å². The molecule has 112 valence electrons. The van der Waals surface area contributed by atoms with E-state index in [0.717, 1.165) is 23.4 Å². The summed E-state index contributed by atoms with van der Waals surface area (Å²) in [6.45, 7) is 0.414. The van der Waals surface area contributed by atoms with Crippen molar-refractivity contribution in [2.75, 3.05) is 0 Å². The van der Waals surface area contributed by atoms with Crippen molar-refractivity contribution in [1.29, 1.82) is 0 Å². The first kappa shape index (κ1) is 14.3. The minimum Gasteiger partial charge on any atom is -0.481 e. The van der Waals surface area contributed by atoms with Gasteiger partial charge < -0.3 is 14.3 Å². The van der Waals surface area contributed by atoms with Crippen LogP contribution in [0, 0.1) is 5.92 Å². The lowest BCUT2D eigenvalue weighted by Crippen LogP contribution is -2.25. The van der Waals surface area contributed by atoms with Gasteiger partial charge >= 0.3 is 5.97 Å². The molecule has 0 aliphatic heterocycles. The molecule has 2 aromatic rings. The Bertz CT molecular complexity index is 585. The van der Waals surface area contributed by atoms with Crippen LogP contribution in [-0.2, 0) is 16.1 Å². The predicted molar refractivity (Wildman–Crippen MR) is 78.0 cm³/mol. The number of oxazole rings is 1. The van der Waals surface area contributed by atoms with E-state index in [1.54, 1.807) is 17.6 Å². The summed E-state index contributed by atoms with van der Waals surface area (Å²) in [5, 5.41) is 10.9. The lowest BCUT2D eigenvalue weighted by atomic mass is 9.87. The number of hydrogen-bond donors (Lipinski definition) is 1. The van der Waals surface area contributed by atoms with E-state index in [-0.39, 0.29) is 12.0 Å². The van der Waals surface area contributed by atoms with Crippen molar-refractivity contribution in [1.82, 2.24) is 4.98 Å². The largest absolute Gasteiger partial charge is 0.481 e. The molecule has 1 saturated carbocycles. The molecular formula is C15H17NO4S. The Morgan fingerprint density at radius 3 is 2.90 bits per heavy atom. The van der Waals surface area contributed by atoms with E-state index in [2.05, 4.69) is 4.98 Å². The molecular weight excluding hydrogens is 290 g/mol. The van der Waals surface area contributed by atoms with Crippen LogP contribution in [0.5, 0.6) is 0 Å². The van der Waals surface area contributed by atoms with E-state index in [4.69, 9.17) is 14.3 Å². The van der Waals surface area contributed by atoms with Crippen LogP contribution in [0.3, 0.4) is 0 Å². The highest BCUT2D eigenvalue weighted by molar-refractivity contribution is 7.13. The lowest BCUT2D eigenvalue weighted by molar-refractivity contribution is -0.143. The first-order valence-corrected chi connectivity index (χ1v) is 7.93. The SMILES string of the molecule is O=C(O)C1CCC(OCc2coc(-c3cccs3)n2)CC1. The third-order valence-corrected chi connectivity index (χ3v) is 4.63. The average molecular weight is 307 g/mol. The molecule has 0 atom stereocenters. The summed E-state index contributed by atoms with van der Waals surface area (Å²) in [4.78, 5) is 16.3. The van der Waals surface area contributed by atoms with Crippen molar-refractivity contribution >= 4 is 17.3 Å². The molecule has 1 fully saturated rings. The summed E-state index contributed by atoms with van der Waals surface area (Å²) in [5.74, 6) is -0.272. The van der Waals surface area contributed by atoms with Crippen molar-refractivity contribution in [3.63, 3.8) is 0 Å². The fourth-order valence-corrected chi connectivity index (χ4v) is 3.22. The number of rotatable bonds is 5. The molecule has 2 heterocycles. The predicted octanol–water partition coefficient (Wildman–Crippen LogP) is 3.56. The Labute approximate surface area is 126 Å². The molecule has 2 aromatic heterocycles. The highest BCUT2D eigenvalue weighted by atomic mass is 32.1. The number of nitrogens with zero attached hydrogens (tertiary/aromatic N) is 1. The minimum absolute atomic E-state index is 0.127. The number of thiophene rings is 1. The quantitative estimate of drug-likeness (QED) is 0.914. The van der Waals surface area contributed by atoms with Gasteiger partial charge in [-0.05, 0) is 37.1 Å². The Balaban J connectivity index is 1.49. The summed E-state index contributed by atoms with van der Waals surface area (Å²) in [7, 11) is 0. The Kier molecular flexibility index (Phi) is 4.36. The van der Waals surface area contributed by atoms with Crippen LogP contribution in [0.25, 0.3) is 10.8 Å². The third-order valence-electron chi connectivity index (χ3n) is 3.77. The zero-order valence-corrected chi connectivity index (χ0v) is 12.3. The maximum atomic E-state index is 10.9. The molecule has 0 amide bonds. The minimum atomic E-state index is -0.689. The van der Waals surface area contributed by atoms with Gasteiger partial charge in [0.25, 0.3) is 0 Å². The van der Waals surface area contributed by atoms with Crippen LogP contribution in [0.1, 0.15) is 31.4 Å². The number of carbonyl (C=O) groups is 1. The van der Waals surface area contributed by atoms with Crippen LogP contribution in [-0.4, -0.2) is 22.2 Å². The third kappa shape index (κ3) is 3.51. The highest BCUT2D eigenvalue weighted by Gasteiger charge is 2.26. The standard InChI is InChI=1S/C15H17NO4S/c17-15(18)10-3-5-12(6-4-10)19-8-11-9-20-14(16-11)13-2-1-7-21-13/h1-2,7,9-10,12H,3-6,8H2,(H,17,18). The number of carboxylic acids is 1. The van der Waals surface area contributed by atoms with E-state index in [0.29, 0.717) is 25.3 Å². The number of carboxylic acid groups (broad SMARTS) is 1. The molecule has 0 aromatic carbocycles. The van der Waals surface area contributed by atoms with Gasteiger partial charge in [0.05, 0.1) is 23.5 Å². The molecule has 5 nitrogen and oxygen atoms in total. The first-order valence-electron chi connectivity index (χ1n) is 7.05. The summed E-state index contributed by atoms with van der Waals surface area (Å²) < 4.78 is 11.3.